The van der Waals surface area contributed by atoms with Gasteiger partial charge in [-0.3, -0.25) is 24.2 Å². The third-order valence-corrected chi connectivity index (χ3v) is 18.6. The molecule has 11 atom stereocenters. The zero-order chi connectivity index (χ0) is 54.8. The second-order valence-electron chi connectivity index (χ2n) is 24.2. The number of hydrogen-bond donors (Lipinski definition) is 6. The second-order valence-corrected chi connectivity index (χ2v) is 25.3. The number of nitrogens with zero attached hydrogens (tertiary/aromatic N) is 1. The molecule has 77 heavy (non-hydrogen) atoms. The number of ether oxygens (including phenoxy) is 4. The molecule has 0 aromatic heterocycles. The number of aliphatic hydroxyl groups excluding tert-OH is 2. The van der Waals surface area contributed by atoms with E-state index in [1.54, 1.807) is 24.3 Å². The van der Waals surface area contributed by atoms with E-state index < -0.39 is 61.9 Å². The smallest absolute Gasteiger partial charge is 0.457 e. The number of aryl methyl sites for hydroxylation is 1. The van der Waals surface area contributed by atoms with Crippen LogP contribution >= 0.6 is 7.82 Å². The van der Waals surface area contributed by atoms with Crippen molar-refractivity contribution in [2.45, 2.75) is 172 Å². The average Bonchev–Trinajstić information content (AvgIpc) is 4.22. The normalized spacial score (nSPS) is 29.0. The molecule has 0 bridgehead atoms. The number of carbonyl (C=O) groups is 3. The van der Waals surface area contributed by atoms with Gasteiger partial charge in [-0.05, 0) is 144 Å². The molecule has 2 aromatic carbocycles. The zero-order valence-corrected chi connectivity index (χ0v) is 46.8. The van der Waals surface area contributed by atoms with Gasteiger partial charge in [-0.2, -0.15) is 0 Å². The number of allylic oxidation sites excluding steroid dienone is 4. The minimum absolute atomic E-state index is 0.0366. The van der Waals surface area contributed by atoms with Gasteiger partial charge in [0.2, 0.25) is 0 Å². The molecule has 5 fully saturated rings. The Hall–Kier alpha value is -3.64. The molecule has 5 unspecified atom stereocenters. The van der Waals surface area contributed by atoms with Crippen molar-refractivity contribution in [3.63, 3.8) is 0 Å². The number of aliphatic hydroxyl groups is 2. The summed E-state index contributed by atoms with van der Waals surface area (Å²) in [5.74, 6) is -1.08. The van der Waals surface area contributed by atoms with Gasteiger partial charge in [-0.25, -0.2) is 4.57 Å². The van der Waals surface area contributed by atoms with Crippen LogP contribution in [0.4, 0.5) is 0 Å². The molecule has 1 saturated heterocycles. The van der Waals surface area contributed by atoms with Crippen LogP contribution in [0.2, 0.25) is 0 Å². The van der Waals surface area contributed by atoms with Gasteiger partial charge in [0.15, 0.2) is 24.5 Å². The molecule has 4 saturated carbocycles. The first-order chi connectivity index (χ1) is 36.9. The SMILES string of the molecule is C[C@]12C=CC(=O)C=C1CCC1C2C(O)C[C@@]2(C(=O)COC(=O)[C@@H](N)CCCC[N+](C)(C)Cc3cc(C(O)CNCCCCCCOCCCCc4ccccc4)ccc3OP(=O)(O)O)C1C[C@H]1O[C@@H](C3CCCCC3)O[C@H]12. The molecule has 6 aliphatic rings. The van der Waals surface area contributed by atoms with E-state index in [9.17, 15) is 38.9 Å². The maximum absolute atomic E-state index is 14.9. The van der Waals surface area contributed by atoms with E-state index in [0.29, 0.717) is 67.3 Å². The van der Waals surface area contributed by atoms with Crippen LogP contribution in [0, 0.1) is 34.5 Å². The fourth-order valence-electron chi connectivity index (χ4n) is 14.2. The lowest BCUT2D eigenvalue weighted by molar-refractivity contribution is -0.903. The summed E-state index contributed by atoms with van der Waals surface area (Å²) in [5, 5.41) is 26.7. The van der Waals surface area contributed by atoms with Gasteiger partial charge in [0.05, 0.1) is 50.5 Å². The summed E-state index contributed by atoms with van der Waals surface area (Å²) in [6, 6.07) is 14.4. The largest absolute Gasteiger partial charge is 0.524 e. The van der Waals surface area contributed by atoms with Crippen molar-refractivity contribution in [2.24, 2.45) is 40.2 Å². The van der Waals surface area contributed by atoms with Crippen LogP contribution in [0.15, 0.2) is 72.3 Å². The van der Waals surface area contributed by atoms with E-state index in [4.69, 9.17) is 29.2 Å². The number of Topliss-reactive ketones (excluding diaryl/α,β-unsaturated/α-hetero) is 1. The minimum atomic E-state index is -4.88. The molecule has 2 aromatic rings. The fraction of sp³-hybridized carbons (Fsp3) is 0.683. The Morgan fingerprint density at radius 2 is 1.70 bits per heavy atom. The van der Waals surface area contributed by atoms with Crippen molar-refractivity contribution in [1.29, 1.82) is 0 Å². The number of ketones is 2. The Morgan fingerprint density at radius 3 is 2.47 bits per heavy atom. The third-order valence-electron chi connectivity index (χ3n) is 18.2. The number of phosphoric acid groups is 1. The molecule has 0 amide bonds. The van der Waals surface area contributed by atoms with Crippen LogP contribution < -0.4 is 15.6 Å². The highest BCUT2D eigenvalue weighted by molar-refractivity contribution is 7.46. The number of nitrogens with two attached hydrogens (primary N) is 1. The first kappa shape index (κ1) is 59.5. The Morgan fingerprint density at radius 1 is 0.948 bits per heavy atom. The standard InChI is InChI=1S/C60H88N3O13P/c1-59-29-28-46(64)35-45(59)25-26-47-48-36-53-56(75-58(74-53)42-21-10-7-11-22-42)60(48,37-50(65)55(47)59)54(67)40-73-57(68)49(61)23-12-15-31-63(2,3)39-44-34-43(24-27-52(44)76-77(69,70)71)51(66)38-62-30-14-4-5-16-32-72-33-17-13-20-41-18-8-6-9-19-41/h6,8-9,18-19,24,27-29,34-35,42,47-51,53,55-56,58,62,65-66H,4-5,7,10-17,20-23,25-26,30-33,36-40,61H2,1-3H3,(H-,69,70,71)/p+1/t47?,48?,49-,50?,51?,53+,55?,56+,58+,59-,60-/m0/s1. The van der Waals surface area contributed by atoms with Crippen LogP contribution in [-0.4, -0.2) is 126 Å². The van der Waals surface area contributed by atoms with Gasteiger partial charge >= 0.3 is 13.8 Å². The molecule has 8 rings (SSSR count). The van der Waals surface area contributed by atoms with Gasteiger partial charge in [-0.1, -0.05) is 87.1 Å². The first-order valence-electron chi connectivity index (χ1n) is 29.0. The minimum Gasteiger partial charge on any atom is -0.457 e. The van der Waals surface area contributed by atoms with Crippen molar-refractivity contribution in [2.75, 3.05) is 53.6 Å². The Kier molecular flexibility index (Phi) is 20.7. The van der Waals surface area contributed by atoms with Crippen molar-refractivity contribution >= 4 is 25.4 Å². The van der Waals surface area contributed by atoms with Gasteiger partial charge in [0, 0.05) is 42.6 Å². The topological polar surface area (TPSA) is 233 Å². The number of carbonyl (C=O) groups excluding carboxylic acids is 3. The highest BCUT2D eigenvalue weighted by atomic mass is 31.2. The van der Waals surface area contributed by atoms with Gasteiger partial charge < -0.3 is 49.2 Å². The maximum atomic E-state index is 14.9. The van der Waals surface area contributed by atoms with Crippen LogP contribution in [0.1, 0.15) is 145 Å². The molecule has 426 valence electrons. The summed E-state index contributed by atoms with van der Waals surface area (Å²) in [6.45, 7) is 5.19. The summed E-state index contributed by atoms with van der Waals surface area (Å²) in [7, 11) is -0.904. The van der Waals surface area contributed by atoms with E-state index in [1.165, 1.54) is 18.1 Å². The number of nitrogens with one attached hydrogen (secondary N) is 1. The van der Waals surface area contributed by atoms with Gasteiger partial charge in [0.25, 0.3) is 0 Å². The average molecular weight is 1090 g/mol. The Bertz CT molecular complexity index is 2410. The van der Waals surface area contributed by atoms with E-state index in [-0.39, 0.29) is 53.5 Å². The number of hydrogen-bond acceptors (Lipinski definition) is 13. The Labute approximate surface area is 456 Å². The molecular weight excluding hydrogens is 1000 g/mol. The Balaban J connectivity index is 0.785. The molecule has 5 aliphatic carbocycles. The predicted molar refractivity (Wildman–Crippen MR) is 292 cm³/mol. The highest BCUT2D eigenvalue weighted by Gasteiger charge is 2.71. The van der Waals surface area contributed by atoms with Crippen molar-refractivity contribution < 1.29 is 66.9 Å². The number of phosphoric ester groups is 1. The van der Waals surface area contributed by atoms with E-state index in [0.717, 1.165) is 102 Å². The van der Waals surface area contributed by atoms with Crippen molar-refractivity contribution in [1.82, 2.24) is 5.32 Å². The third kappa shape index (κ3) is 15.0. The molecule has 1 heterocycles. The van der Waals surface area contributed by atoms with Crippen molar-refractivity contribution in [3.05, 3.63) is 89.0 Å². The summed E-state index contributed by atoms with van der Waals surface area (Å²) in [4.78, 5) is 60.4. The maximum Gasteiger partial charge on any atom is 0.524 e. The molecule has 17 heteroatoms. The molecule has 0 spiro atoms. The summed E-state index contributed by atoms with van der Waals surface area (Å²) >= 11 is 0. The fourth-order valence-corrected chi connectivity index (χ4v) is 14.7. The zero-order valence-electron chi connectivity index (χ0n) is 45.9. The second kappa shape index (κ2) is 26.8. The molecular formula is C60H89N3O13P+. The number of quaternary nitrogens is 1. The van der Waals surface area contributed by atoms with E-state index in [1.807, 2.05) is 26.2 Å². The number of fused-ring (bicyclic) bond motifs is 7. The monoisotopic (exact) mass is 1090 g/mol. The van der Waals surface area contributed by atoms with Gasteiger partial charge in [-0.15, -0.1) is 0 Å². The lowest BCUT2D eigenvalue weighted by Crippen LogP contribution is -2.61. The quantitative estimate of drug-likeness (QED) is 0.0195. The molecule has 1 aliphatic heterocycles. The lowest BCUT2D eigenvalue weighted by atomic mass is 9.46. The van der Waals surface area contributed by atoms with E-state index >= 15 is 0 Å². The van der Waals surface area contributed by atoms with Gasteiger partial charge in [0.1, 0.15) is 18.3 Å². The molecule has 0 radical (unpaired) electrons. The van der Waals surface area contributed by atoms with Crippen LogP contribution in [-0.2, 0) is 50.9 Å². The summed E-state index contributed by atoms with van der Waals surface area (Å²) < 4.78 is 42.7. The van der Waals surface area contributed by atoms with E-state index in [2.05, 4.69) is 36.5 Å². The number of esters is 1. The predicted octanol–water partition coefficient (Wildman–Crippen LogP) is 8.13. The lowest BCUT2D eigenvalue weighted by Gasteiger charge is -2.58. The number of benzene rings is 2. The number of unbranched alkanes of at least 4 members (excludes halogenated alkanes) is 5. The molecule has 16 nitrogen and oxygen atoms in total. The molecule has 7 N–H and O–H groups in total. The van der Waals surface area contributed by atoms with Crippen LogP contribution in [0.5, 0.6) is 5.75 Å². The highest BCUT2D eigenvalue weighted by Crippen LogP contribution is 2.67. The number of rotatable bonds is 29. The van der Waals surface area contributed by atoms with Crippen LogP contribution in [0.3, 0.4) is 0 Å². The summed E-state index contributed by atoms with van der Waals surface area (Å²) in [6.07, 6.45) is 18.8. The first-order valence-corrected chi connectivity index (χ1v) is 30.5. The van der Waals surface area contributed by atoms with Crippen LogP contribution in [0.25, 0.3) is 0 Å². The van der Waals surface area contributed by atoms with Crippen molar-refractivity contribution in [3.8, 4) is 5.75 Å². The summed E-state index contributed by atoms with van der Waals surface area (Å²) in [5.41, 5.74) is 8.34.